The van der Waals surface area contributed by atoms with E-state index >= 15 is 0 Å². The van der Waals surface area contributed by atoms with E-state index in [9.17, 15) is 4.79 Å². The Morgan fingerprint density at radius 3 is 2.38 bits per heavy atom. The van der Waals surface area contributed by atoms with E-state index in [1.807, 2.05) is 114 Å². The fourth-order valence-corrected chi connectivity index (χ4v) is 4.72. The maximum absolute atomic E-state index is 12.7. The van der Waals surface area contributed by atoms with Crippen LogP contribution in [0.25, 0.3) is 16.6 Å². The van der Waals surface area contributed by atoms with Crippen LogP contribution in [-0.2, 0) is 4.74 Å². The van der Waals surface area contributed by atoms with Gasteiger partial charge in [-0.05, 0) is 59.2 Å². The highest BCUT2D eigenvalue weighted by molar-refractivity contribution is 5.92. The molecule has 2 aromatic heterocycles. The lowest BCUT2D eigenvalue weighted by Gasteiger charge is -2.27. The highest BCUT2D eigenvalue weighted by Crippen LogP contribution is 2.36. The summed E-state index contributed by atoms with van der Waals surface area (Å²) in [5.41, 5.74) is 3.68. The summed E-state index contributed by atoms with van der Waals surface area (Å²) in [6.07, 6.45) is -0.198. The molecule has 0 aliphatic rings. The molecule has 2 heterocycles. The lowest BCUT2D eigenvalue weighted by molar-refractivity contribution is 0.0278. The third-order valence-electron chi connectivity index (χ3n) is 6.75. The SMILES string of the molecule is CCOc1ccc(-n2nc3c(N(C)C)nnc(C)c3c2C)c(OC(CCN(C)C(=O)OC(C)(C)C)c2ccccc2)c1. The predicted molar refractivity (Wildman–Crippen MR) is 165 cm³/mol. The number of hydrogen-bond donors (Lipinski definition) is 0. The number of aromatic nitrogens is 4. The van der Waals surface area contributed by atoms with Gasteiger partial charge in [-0.2, -0.15) is 10.2 Å². The molecule has 0 spiro atoms. The summed E-state index contributed by atoms with van der Waals surface area (Å²) < 4.78 is 20.1. The number of rotatable bonds is 10. The molecule has 0 radical (unpaired) electrons. The van der Waals surface area contributed by atoms with Crippen LogP contribution in [0.3, 0.4) is 0 Å². The van der Waals surface area contributed by atoms with Gasteiger partial charge < -0.3 is 24.0 Å². The van der Waals surface area contributed by atoms with Crippen molar-refractivity contribution in [2.75, 3.05) is 39.2 Å². The maximum Gasteiger partial charge on any atom is 0.410 e. The molecule has 0 saturated carbocycles. The Balaban J connectivity index is 1.76. The second-order valence-corrected chi connectivity index (χ2v) is 11.5. The molecular formula is C32H42N6O4. The van der Waals surface area contributed by atoms with Crippen LogP contribution in [0.2, 0.25) is 0 Å². The van der Waals surface area contributed by atoms with Gasteiger partial charge >= 0.3 is 6.09 Å². The van der Waals surface area contributed by atoms with E-state index < -0.39 is 5.60 Å². The van der Waals surface area contributed by atoms with Crippen molar-refractivity contribution < 1.29 is 19.0 Å². The number of benzene rings is 2. The molecular weight excluding hydrogens is 532 g/mol. The van der Waals surface area contributed by atoms with Crippen molar-refractivity contribution in [1.29, 1.82) is 0 Å². The molecule has 0 N–H and O–H groups in total. The minimum absolute atomic E-state index is 0.362. The lowest BCUT2D eigenvalue weighted by Crippen LogP contribution is -2.35. The van der Waals surface area contributed by atoms with Crippen LogP contribution >= 0.6 is 0 Å². The van der Waals surface area contributed by atoms with Crippen molar-refractivity contribution in [1.82, 2.24) is 24.9 Å². The topological polar surface area (TPSA) is 94.8 Å². The first-order valence-electron chi connectivity index (χ1n) is 14.2. The molecule has 0 fully saturated rings. The molecule has 4 rings (SSSR count). The molecule has 2 aromatic carbocycles. The molecule has 42 heavy (non-hydrogen) atoms. The summed E-state index contributed by atoms with van der Waals surface area (Å²) in [5, 5.41) is 14.7. The zero-order valence-electron chi connectivity index (χ0n) is 26.1. The van der Waals surface area contributed by atoms with Gasteiger partial charge in [0.05, 0.1) is 23.4 Å². The standard InChI is InChI=1S/C32H42N6O4/c1-10-40-24-16-17-25(38-22(3)28-21(2)33-34-30(36(7)8)29(28)35-38)27(20-24)41-26(23-14-12-11-13-15-23)18-19-37(9)31(39)42-32(4,5)6/h11-17,20,26H,10,18-19H2,1-9H3. The molecule has 0 aliphatic carbocycles. The second kappa shape index (κ2) is 12.7. The molecule has 224 valence electrons. The van der Waals surface area contributed by atoms with Crippen LogP contribution in [0.1, 0.15) is 57.2 Å². The Kier molecular flexibility index (Phi) is 9.23. The van der Waals surface area contributed by atoms with E-state index in [-0.39, 0.29) is 12.2 Å². The van der Waals surface area contributed by atoms with Crippen molar-refractivity contribution in [2.24, 2.45) is 0 Å². The normalized spacial score (nSPS) is 12.2. The molecule has 0 saturated heterocycles. The van der Waals surface area contributed by atoms with Crippen LogP contribution in [0.4, 0.5) is 10.6 Å². The van der Waals surface area contributed by atoms with Gasteiger partial charge in [0.2, 0.25) is 0 Å². The van der Waals surface area contributed by atoms with Gasteiger partial charge in [-0.15, -0.1) is 5.10 Å². The van der Waals surface area contributed by atoms with E-state index in [4.69, 9.17) is 19.3 Å². The Morgan fingerprint density at radius 1 is 1.02 bits per heavy atom. The van der Waals surface area contributed by atoms with Crippen LogP contribution in [0.5, 0.6) is 11.5 Å². The van der Waals surface area contributed by atoms with Gasteiger partial charge in [-0.1, -0.05) is 30.3 Å². The molecule has 0 bridgehead atoms. The third-order valence-corrected chi connectivity index (χ3v) is 6.75. The van der Waals surface area contributed by atoms with Crippen LogP contribution < -0.4 is 14.4 Å². The van der Waals surface area contributed by atoms with E-state index in [1.165, 1.54) is 0 Å². The van der Waals surface area contributed by atoms with Crippen LogP contribution in [-0.4, -0.2) is 70.9 Å². The Morgan fingerprint density at radius 2 is 1.74 bits per heavy atom. The van der Waals surface area contributed by atoms with Gasteiger partial charge in [0.25, 0.3) is 0 Å². The molecule has 10 heteroatoms. The Labute approximate surface area is 248 Å². The quantitative estimate of drug-likeness (QED) is 0.219. The summed E-state index contributed by atoms with van der Waals surface area (Å²) in [4.78, 5) is 16.2. The van der Waals surface area contributed by atoms with Crippen molar-refractivity contribution in [3.8, 4) is 17.2 Å². The fraction of sp³-hybridized carbons (Fsp3) is 0.438. The number of fused-ring (bicyclic) bond motifs is 1. The summed E-state index contributed by atoms with van der Waals surface area (Å²) >= 11 is 0. The van der Waals surface area contributed by atoms with E-state index in [1.54, 1.807) is 11.9 Å². The van der Waals surface area contributed by atoms with E-state index in [2.05, 4.69) is 10.2 Å². The van der Waals surface area contributed by atoms with Crippen molar-refractivity contribution in [2.45, 2.75) is 59.7 Å². The van der Waals surface area contributed by atoms with Gasteiger partial charge in [-0.3, -0.25) is 0 Å². The summed E-state index contributed by atoms with van der Waals surface area (Å²) in [5.74, 6) is 1.99. The summed E-state index contributed by atoms with van der Waals surface area (Å²) in [6, 6.07) is 15.8. The minimum atomic E-state index is -0.573. The number of anilines is 1. The van der Waals surface area contributed by atoms with Gasteiger partial charge in [0, 0.05) is 40.2 Å². The number of ether oxygens (including phenoxy) is 3. The third kappa shape index (κ3) is 6.92. The van der Waals surface area contributed by atoms with Gasteiger partial charge in [0.1, 0.15) is 34.4 Å². The largest absolute Gasteiger partial charge is 0.494 e. The number of carbonyl (C=O) groups is 1. The molecule has 1 unspecified atom stereocenters. The fourth-order valence-electron chi connectivity index (χ4n) is 4.72. The smallest absolute Gasteiger partial charge is 0.410 e. The minimum Gasteiger partial charge on any atom is -0.494 e. The average Bonchev–Trinajstić information content (AvgIpc) is 3.28. The summed E-state index contributed by atoms with van der Waals surface area (Å²) in [6.45, 7) is 12.4. The first-order chi connectivity index (χ1) is 19.9. The number of amides is 1. The second-order valence-electron chi connectivity index (χ2n) is 11.5. The maximum atomic E-state index is 12.7. The van der Waals surface area contributed by atoms with E-state index in [0.29, 0.717) is 36.9 Å². The average molecular weight is 575 g/mol. The first-order valence-corrected chi connectivity index (χ1v) is 14.2. The number of nitrogens with zero attached hydrogens (tertiary/aromatic N) is 6. The van der Waals surface area contributed by atoms with Crippen molar-refractivity contribution in [3.63, 3.8) is 0 Å². The van der Waals surface area contributed by atoms with Crippen LogP contribution in [0, 0.1) is 13.8 Å². The zero-order valence-corrected chi connectivity index (χ0v) is 26.1. The van der Waals surface area contributed by atoms with Gasteiger partial charge in [-0.25, -0.2) is 9.48 Å². The number of carbonyl (C=O) groups excluding carboxylic acids is 1. The van der Waals surface area contributed by atoms with Crippen molar-refractivity contribution >= 4 is 22.8 Å². The monoisotopic (exact) mass is 574 g/mol. The molecule has 10 nitrogen and oxygen atoms in total. The number of aryl methyl sites for hydroxylation is 2. The molecule has 0 aliphatic heterocycles. The Bertz CT molecular complexity index is 1530. The highest BCUT2D eigenvalue weighted by Gasteiger charge is 2.24. The summed E-state index contributed by atoms with van der Waals surface area (Å²) in [7, 11) is 5.59. The van der Waals surface area contributed by atoms with Crippen molar-refractivity contribution in [3.05, 3.63) is 65.5 Å². The van der Waals surface area contributed by atoms with E-state index in [0.717, 1.165) is 33.5 Å². The number of hydrogen-bond acceptors (Lipinski definition) is 8. The molecule has 1 atom stereocenters. The molecule has 4 aromatic rings. The van der Waals surface area contributed by atoms with Crippen LogP contribution in [0.15, 0.2) is 48.5 Å². The van der Waals surface area contributed by atoms with Gasteiger partial charge in [0.15, 0.2) is 5.82 Å². The lowest BCUT2D eigenvalue weighted by atomic mass is 10.1. The predicted octanol–water partition coefficient (Wildman–Crippen LogP) is 6.27. The molecule has 1 amide bonds. The first kappa shape index (κ1) is 30.6. The Hall–Kier alpha value is -4.34. The zero-order chi connectivity index (χ0) is 30.6. The highest BCUT2D eigenvalue weighted by atomic mass is 16.6.